The van der Waals surface area contributed by atoms with E-state index in [1.165, 1.54) is 42.7 Å². The van der Waals surface area contributed by atoms with Crippen LogP contribution in [0.4, 0.5) is 0 Å². The summed E-state index contributed by atoms with van der Waals surface area (Å²) in [6, 6.07) is 3.59. The van der Waals surface area contributed by atoms with Crippen LogP contribution in [-0.4, -0.2) is 52.8 Å². The summed E-state index contributed by atoms with van der Waals surface area (Å²) in [4.78, 5) is 50.4. The zero-order valence-electron chi connectivity index (χ0n) is 19.1. The minimum absolute atomic E-state index is 0.0323. The van der Waals surface area contributed by atoms with Gasteiger partial charge in [-0.2, -0.15) is 0 Å². The summed E-state index contributed by atoms with van der Waals surface area (Å²) in [5.74, 6) is -1.97. The van der Waals surface area contributed by atoms with Crippen LogP contribution >= 0.6 is 0 Å². The number of unbranched alkanes of at least 4 members (excludes halogenated alkanes) is 6. The van der Waals surface area contributed by atoms with Crippen LogP contribution in [0.2, 0.25) is 0 Å². The van der Waals surface area contributed by atoms with E-state index in [0.717, 1.165) is 19.3 Å². The van der Waals surface area contributed by atoms with Crippen LogP contribution in [0.5, 0.6) is 0 Å². The average Bonchev–Trinajstić information content (AvgIpc) is 3.07. The van der Waals surface area contributed by atoms with Gasteiger partial charge in [0.05, 0.1) is 12.1 Å². The maximum Gasteiger partial charge on any atom is 0.335 e. The van der Waals surface area contributed by atoms with E-state index in [-0.39, 0.29) is 36.4 Å². The number of carbonyl (C=O) groups is 4. The Morgan fingerprint density at radius 1 is 1.06 bits per heavy atom. The molecule has 1 aliphatic heterocycles. The lowest BCUT2D eigenvalue weighted by Crippen LogP contribution is -2.52. The first kappa shape index (κ1) is 25.4. The number of benzene rings is 1. The van der Waals surface area contributed by atoms with Crippen molar-refractivity contribution in [3.05, 3.63) is 34.9 Å². The van der Waals surface area contributed by atoms with E-state index in [9.17, 15) is 19.2 Å². The van der Waals surface area contributed by atoms with Gasteiger partial charge in [-0.1, -0.05) is 51.5 Å². The minimum Gasteiger partial charge on any atom is -0.478 e. The highest BCUT2D eigenvalue weighted by Crippen LogP contribution is 2.24. The number of nitrogens with zero attached hydrogens (tertiary/aromatic N) is 1. The van der Waals surface area contributed by atoms with Crippen molar-refractivity contribution in [3.63, 3.8) is 0 Å². The molecule has 0 fully saturated rings. The highest BCUT2D eigenvalue weighted by atomic mass is 16.4. The van der Waals surface area contributed by atoms with Crippen molar-refractivity contribution in [2.75, 3.05) is 13.1 Å². The Morgan fingerprint density at radius 2 is 1.75 bits per heavy atom. The third-order valence-corrected chi connectivity index (χ3v) is 5.65. The highest BCUT2D eigenvalue weighted by Gasteiger charge is 2.32. The molecule has 0 saturated carbocycles. The molecule has 8 heteroatoms. The third-order valence-electron chi connectivity index (χ3n) is 5.65. The predicted molar refractivity (Wildman–Crippen MR) is 121 cm³/mol. The van der Waals surface area contributed by atoms with Gasteiger partial charge in [-0.3, -0.25) is 14.4 Å². The van der Waals surface area contributed by atoms with Crippen LogP contribution in [0, 0.1) is 0 Å². The Hall–Kier alpha value is -2.90. The fourth-order valence-corrected chi connectivity index (χ4v) is 3.86. The van der Waals surface area contributed by atoms with E-state index in [2.05, 4.69) is 17.6 Å². The molecule has 0 bridgehead atoms. The number of amides is 3. The van der Waals surface area contributed by atoms with Gasteiger partial charge in [0, 0.05) is 25.1 Å². The van der Waals surface area contributed by atoms with E-state index in [1.54, 1.807) is 13.0 Å². The van der Waals surface area contributed by atoms with E-state index in [0.29, 0.717) is 24.1 Å². The maximum absolute atomic E-state index is 12.8. The van der Waals surface area contributed by atoms with Gasteiger partial charge in [-0.05, 0) is 31.0 Å². The molecule has 0 unspecified atom stereocenters. The largest absolute Gasteiger partial charge is 0.478 e. The number of aromatic carboxylic acids is 1. The van der Waals surface area contributed by atoms with Crippen molar-refractivity contribution in [2.24, 2.45) is 0 Å². The number of nitrogens with one attached hydrogen (secondary N) is 2. The fraction of sp³-hybridized carbons (Fsp3) is 0.583. The second kappa shape index (κ2) is 12.8. The van der Waals surface area contributed by atoms with E-state index in [1.807, 2.05) is 0 Å². The summed E-state index contributed by atoms with van der Waals surface area (Å²) < 4.78 is 0. The van der Waals surface area contributed by atoms with Crippen molar-refractivity contribution in [2.45, 2.75) is 77.8 Å². The molecule has 0 aliphatic carbocycles. The Balaban J connectivity index is 1.92. The number of fused-ring (bicyclic) bond motifs is 1. The zero-order valence-corrected chi connectivity index (χ0v) is 19.1. The maximum atomic E-state index is 12.8. The van der Waals surface area contributed by atoms with Crippen molar-refractivity contribution in [3.8, 4) is 0 Å². The standard InChI is InChI=1S/C24H35N3O5/c1-3-5-6-7-8-9-10-11-21(28)26-20(22(29)25-4-2)16-27-15-18-13-12-17(24(31)32)14-19(18)23(27)30/h12-14,20H,3-11,15-16H2,1-2H3,(H,25,29)(H,26,28)(H,31,32)/t20-/m0/s1. The first-order valence-electron chi connectivity index (χ1n) is 11.6. The molecule has 1 aliphatic rings. The lowest BCUT2D eigenvalue weighted by Gasteiger charge is -2.24. The number of rotatable bonds is 14. The molecule has 0 radical (unpaired) electrons. The molecule has 0 spiro atoms. The molecular formula is C24H35N3O5. The van der Waals surface area contributed by atoms with Crippen LogP contribution < -0.4 is 10.6 Å². The number of carbonyl (C=O) groups excluding carboxylic acids is 3. The Bertz CT molecular complexity index is 824. The molecule has 1 aromatic rings. The van der Waals surface area contributed by atoms with Crippen LogP contribution in [0.1, 0.15) is 91.5 Å². The predicted octanol–water partition coefficient (Wildman–Crippen LogP) is 3.10. The topological polar surface area (TPSA) is 116 Å². The number of carboxylic acid groups (broad SMARTS) is 1. The lowest BCUT2D eigenvalue weighted by atomic mass is 10.1. The molecule has 2 rings (SSSR count). The van der Waals surface area contributed by atoms with Gasteiger partial charge in [-0.25, -0.2) is 4.79 Å². The summed E-state index contributed by atoms with van der Waals surface area (Å²) >= 11 is 0. The third kappa shape index (κ3) is 7.35. The highest BCUT2D eigenvalue weighted by molar-refractivity contribution is 6.01. The summed E-state index contributed by atoms with van der Waals surface area (Å²) in [5, 5.41) is 14.7. The number of likely N-dealkylation sites (N-methyl/N-ethyl adjacent to an activating group) is 1. The molecular weight excluding hydrogens is 410 g/mol. The van der Waals surface area contributed by atoms with Gasteiger partial charge < -0.3 is 20.6 Å². The van der Waals surface area contributed by atoms with Gasteiger partial charge >= 0.3 is 5.97 Å². The SMILES string of the molecule is CCCCCCCCCC(=O)N[C@@H](CN1Cc2ccc(C(=O)O)cc2C1=O)C(=O)NCC. The van der Waals surface area contributed by atoms with E-state index >= 15 is 0 Å². The second-order valence-electron chi connectivity index (χ2n) is 8.25. The molecule has 1 atom stereocenters. The Kier molecular flexibility index (Phi) is 10.2. The van der Waals surface area contributed by atoms with Crippen molar-refractivity contribution < 1.29 is 24.3 Å². The van der Waals surface area contributed by atoms with Crippen molar-refractivity contribution in [1.29, 1.82) is 0 Å². The molecule has 1 aromatic carbocycles. The zero-order chi connectivity index (χ0) is 23.5. The molecule has 176 valence electrons. The van der Waals surface area contributed by atoms with Crippen LogP contribution in [-0.2, 0) is 16.1 Å². The number of hydrogen-bond acceptors (Lipinski definition) is 4. The summed E-state index contributed by atoms with van der Waals surface area (Å²) in [6.45, 7) is 4.69. The van der Waals surface area contributed by atoms with E-state index < -0.39 is 12.0 Å². The fourth-order valence-electron chi connectivity index (χ4n) is 3.86. The van der Waals surface area contributed by atoms with Gasteiger partial charge in [0.2, 0.25) is 11.8 Å². The van der Waals surface area contributed by atoms with Crippen LogP contribution in [0.15, 0.2) is 18.2 Å². The molecule has 8 nitrogen and oxygen atoms in total. The molecule has 32 heavy (non-hydrogen) atoms. The molecule has 3 amide bonds. The molecule has 1 heterocycles. The summed E-state index contributed by atoms with van der Waals surface area (Å²) in [5.41, 5.74) is 1.08. The van der Waals surface area contributed by atoms with Gasteiger partial charge in [0.1, 0.15) is 6.04 Å². The van der Waals surface area contributed by atoms with Crippen LogP contribution in [0.3, 0.4) is 0 Å². The quantitative estimate of drug-likeness (QED) is 0.381. The molecule has 0 saturated heterocycles. The molecule has 3 N–H and O–H groups in total. The van der Waals surface area contributed by atoms with Crippen LogP contribution in [0.25, 0.3) is 0 Å². The van der Waals surface area contributed by atoms with E-state index in [4.69, 9.17) is 5.11 Å². The number of carboxylic acids is 1. The van der Waals surface area contributed by atoms with Gasteiger partial charge in [0.15, 0.2) is 0 Å². The monoisotopic (exact) mass is 445 g/mol. The normalized spacial score (nSPS) is 13.6. The summed E-state index contributed by atoms with van der Waals surface area (Å²) in [6.07, 6.45) is 8.05. The van der Waals surface area contributed by atoms with Gasteiger partial charge in [-0.15, -0.1) is 0 Å². The Labute approximate surface area is 189 Å². The number of hydrogen-bond donors (Lipinski definition) is 3. The first-order valence-corrected chi connectivity index (χ1v) is 11.6. The lowest BCUT2D eigenvalue weighted by molar-refractivity contribution is -0.129. The van der Waals surface area contributed by atoms with Gasteiger partial charge in [0.25, 0.3) is 5.91 Å². The van der Waals surface area contributed by atoms with Crippen molar-refractivity contribution >= 4 is 23.7 Å². The average molecular weight is 446 g/mol. The first-order chi connectivity index (χ1) is 15.4. The molecule has 0 aromatic heterocycles. The smallest absolute Gasteiger partial charge is 0.335 e. The van der Waals surface area contributed by atoms with Crippen molar-refractivity contribution in [1.82, 2.24) is 15.5 Å². The summed E-state index contributed by atoms with van der Waals surface area (Å²) in [7, 11) is 0. The Morgan fingerprint density at radius 3 is 2.41 bits per heavy atom. The second-order valence-corrected chi connectivity index (χ2v) is 8.25. The minimum atomic E-state index is -1.10.